The Kier molecular flexibility index (Phi) is 5.27. The monoisotopic (exact) mass is 374 g/mol. The number of amides is 1. The summed E-state index contributed by atoms with van der Waals surface area (Å²) < 4.78 is 28.7. The average molecular weight is 374 g/mol. The van der Waals surface area contributed by atoms with Crippen molar-refractivity contribution in [3.63, 3.8) is 0 Å². The van der Waals surface area contributed by atoms with Crippen LogP contribution in [0, 0.1) is 0 Å². The van der Waals surface area contributed by atoms with Crippen molar-refractivity contribution < 1.29 is 17.9 Å². The van der Waals surface area contributed by atoms with Crippen molar-refractivity contribution in [1.82, 2.24) is 9.88 Å². The van der Waals surface area contributed by atoms with Crippen LogP contribution in [-0.4, -0.2) is 55.4 Å². The summed E-state index contributed by atoms with van der Waals surface area (Å²) in [5, 5.41) is 0. The second-order valence-electron chi connectivity index (χ2n) is 6.34. The first-order valence-electron chi connectivity index (χ1n) is 8.54. The molecule has 1 aliphatic rings. The van der Waals surface area contributed by atoms with Gasteiger partial charge in [-0.25, -0.2) is 8.42 Å². The highest BCUT2D eigenvalue weighted by Gasteiger charge is 2.34. The molecule has 0 bridgehead atoms. The van der Waals surface area contributed by atoms with Crippen molar-refractivity contribution >= 4 is 15.7 Å². The maximum absolute atomic E-state index is 13.0. The van der Waals surface area contributed by atoms with E-state index in [4.69, 9.17) is 4.74 Å². The number of pyridine rings is 1. The smallest absolute Gasteiger partial charge is 0.254 e. The van der Waals surface area contributed by atoms with Crippen LogP contribution in [-0.2, 0) is 9.84 Å². The van der Waals surface area contributed by atoms with E-state index >= 15 is 0 Å². The van der Waals surface area contributed by atoms with E-state index < -0.39 is 9.84 Å². The molecule has 2 heterocycles. The summed E-state index contributed by atoms with van der Waals surface area (Å²) in [7, 11) is -1.46. The number of hydrogen-bond acceptors (Lipinski definition) is 5. The lowest BCUT2D eigenvalue weighted by Crippen LogP contribution is -2.40. The third kappa shape index (κ3) is 3.88. The standard InChI is InChI=1S/C19H22N2O4S/c1-3-21(17-7-8-26(23,24)13-17)19(22)15-6-4-5-14(9-15)16-10-18(25-2)12-20-11-16/h4-6,9-12,17H,3,7-8,13H2,1-2H3. The molecule has 26 heavy (non-hydrogen) atoms. The zero-order chi connectivity index (χ0) is 18.7. The molecule has 0 aliphatic carbocycles. The van der Waals surface area contributed by atoms with Crippen molar-refractivity contribution in [2.75, 3.05) is 25.2 Å². The summed E-state index contributed by atoms with van der Waals surface area (Å²) >= 11 is 0. The molecule has 0 spiro atoms. The number of rotatable bonds is 5. The zero-order valence-corrected chi connectivity index (χ0v) is 15.7. The molecular formula is C19H22N2O4S. The Morgan fingerprint density at radius 2 is 2.08 bits per heavy atom. The molecule has 1 unspecified atom stereocenters. The van der Waals surface area contributed by atoms with Gasteiger partial charge in [-0.15, -0.1) is 0 Å². The molecule has 1 aromatic heterocycles. The van der Waals surface area contributed by atoms with E-state index in [0.717, 1.165) is 11.1 Å². The van der Waals surface area contributed by atoms with Gasteiger partial charge in [-0.1, -0.05) is 12.1 Å². The topological polar surface area (TPSA) is 76.6 Å². The SMILES string of the molecule is CCN(C(=O)c1cccc(-c2cncc(OC)c2)c1)C1CCS(=O)(=O)C1. The summed E-state index contributed by atoms with van der Waals surface area (Å²) in [6.45, 7) is 2.35. The van der Waals surface area contributed by atoms with E-state index in [1.807, 2.05) is 31.2 Å². The minimum absolute atomic E-state index is 0.0477. The van der Waals surface area contributed by atoms with Crippen LogP contribution in [0.2, 0.25) is 0 Å². The summed E-state index contributed by atoms with van der Waals surface area (Å²) in [5.41, 5.74) is 2.25. The van der Waals surface area contributed by atoms with Gasteiger partial charge in [0.15, 0.2) is 9.84 Å². The zero-order valence-electron chi connectivity index (χ0n) is 14.9. The number of nitrogens with zero attached hydrogens (tertiary/aromatic N) is 2. The van der Waals surface area contributed by atoms with Crippen LogP contribution < -0.4 is 4.74 Å². The van der Waals surface area contributed by atoms with E-state index in [-0.39, 0.29) is 23.5 Å². The van der Waals surface area contributed by atoms with Gasteiger partial charge in [0, 0.05) is 29.9 Å². The molecule has 0 N–H and O–H groups in total. The van der Waals surface area contributed by atoms with Gasteiger partial charge in [0.25, 0.3) is 5.91 Å². The maximum atomic E-state index is 13.0. The lowest BCUT2D eigenvalue weighted by atomic mass is 10.0. The van der Waals surface area contributed by atoms with Crippen LogP contribution in [0.4, 0.5) is 0 Å². The first-order valence-corrected chi connectivity index (χ1v) is 10.4. The lowest BCUT2D eigenvalue weighted by molar-refractivity contribution is 0.0708. The summed E-state index contributed by atoms with van der Waals surface area (Å²) in [6.07, 6.45) is 3.84. The number of benzene rings is 1. The third-order valence-corrected chi connectivity index (χ3v) is 6.39. The average Bonchev–Trinajstić information content (AvgIpc) is 3.02. The molecule has 7 heteroatoms. The van der Waals surface area contributed by atoms with Crippen molar-refractivity contribution in [3.8, 4) is 16.9 Å². The van der Waals surface area contributed by atoms with Crippen LogP contribution in [0.15, 0.2) is 42.7 Å². The normalized spacial score (nSPS) is 18.5. The third-order valence-electron chi connectivity index (χ3n) is 4.64. The second-order valence-corrected chi connectivity index (χ2v) is 8.57. The molecule has 138 valence electrons. The summed E-state index contributed by atoms with van der Waals surface area (Å²) in [6, 6.07) is 8.90. The quantitative estimate of drug-likeness (QED) is 0.803. The van der Waals surface area contributed by atoms with Crippen molar-refractivity contribution in [2.24, 2.45) is 0 Å². The predicted molar refractivity (Wildman–Crippen MR) is 100.0 cm³/mol. The van der Waals surface area contributed by atoms with Crippen LogP contribution in [0.3, 0.4) is 0 Å². The Balaban J connectivity index is 1.87. The Hall–Kier alpha value is -2.41. The molecule has 0 saturated carbocycles. The van der Waals surface area contributed by atoms with Gasteiger partial charge in [-0.05, 0) is 37.1 Å². The van der Waals surface area contributed by atoms with E-state index in [9.17, 15) is 13.2 Å². The molecule has 0 radical (unpaired) electrons. The molecule has 3 rings (SSSR count). The Labute approximate surface area is 153 Å². The first kappa shape index (κ1) is 18.4. The molecule has 6 nitrogen and oxygen atoms in total. The largest absolute Gasteiger partial charge is 0.495 e. The minimum Gasteiger partial charge on any atom is -0.495 e. The van der Waals surface area contributed by atoms with Gasteiger partial charge in [0.05, 0.1) is 24.8 Å². The number of carbonyl (C=O) groups excluding carboxylic acids is 1. The lowest BCUT2D eigenvalue weighted by Gasteiger charge is -2.27. The fraction of sp³-hybridized carbons (Fsp3) is 0.368. The van der Waals surface area contributed by atoms with E-state index in [1.54, 1.807) is 30.5 Å². The maximum Gasteiger partial charge on any atom is 0.254 e. The Morgan fingerprint density at radius 1 is 1.27 bits per heavy atom. The van der Waals surface area contributed by atoms with Gasteiger partial charge in [0.2, 0.25) is 0 Å². The van der Waals surface area contributed by atoms with Crippen LogP contribution in [0.5, 0.6) is 5.75 Å². The highest BCUT2D eigenvalue weighted by Crippen LogP contribution is 2.25. The molecule has 1 fully saturated rings. The van der Waals surface area contributed by atoms with Gasteiger partial charge in [0.1, 0.15) is 5.75 Å². The highest BCUT2D eigenvalue weighted by molar-refractivity contribution is 7.91. The number of carbonyl (C=O) groups is 1. The molecule has 1 aromatic carbocycles. The van der Waals surface area contributed by atoms with E-state index in [0.29, 0.717) is 24.3 Å². The molecule has 1 aliphatic heterocycles. The van der Waals surface area contributed by atoms with E-state index in [1.165, 1.54) is 0 Å². The number of sulfone groups is 1. The molecule has 2 aromatic rings. The van der Waals surface area contributed by atoms with Gasteiger partial charge < -0.3 is 9.64 Å². The minimum atomic E-state index is -3.04. The van der Waals surface area contributed by atoms with Crippen molar-refractivity contribution in [3.05, 3.63) is 48.3 Å². The van der Waals surface area contributed by atoms with E-state index in [2.05, 4.69) is 4.98 Å². The molecule has 1 atom stereocenters. The van der Waals surface area contributed by atoms with Gasteiger partial charge in [-0.2, -0.15) is 0 Å². The number of ether oxygens (including phenoxy) is 1. The second kappa shape index (κ2) is 7.45. The van der Waals surface area contributed by atoms with Crippen molar-refractivity contribution in [1.29, 1.82) is 0 Å². The number of methoxy groups -OCH3 is 1. The molecule has 1 amide bonds. The van der Waals surface area contributed by atoms with Crippen LogP contribution >= 0.6 is 0 Å². The summed E-state index contributed by atoms with van der Waals surface area (Å²) in [4.78, 5) is 18.8. The fourth-order valence-corrected chi connectivity index (χ4v) is 5.01. The van der Waals surface area contributed by atoms with Gasteiger partial charge in [-0.3, -0.25) is 9.78 Å². The van der Waals surface area contributed by atoms with Crippen LogP contribution in [0.25, 0.3) is 11.1 Å². The van der Waals surface area contributed by atoms with Crippen LogP contribution in [0.1, 0.15) is 23.7 Å². The first-order chi connectivity index (χ1) is 12.4. The molecule has 1 saturated heterocycles. The van der Waals surface area contributed by atoms with Gasteiger partial charge >= 0.3 is 0 Å². The van der Waals surface area contributed by atoms with Crippen molar-refractivity contribution in [2.45, 2.75) is 19.4 Å². The highest BCUT2D eigenvalue weighted by atomic mass is 32.2. The predicted octanol–water partition coefficient (Wildman–Crippen LogP) is 2.41. The fourth-order valence-electron chi connectivity index (χ4n) is 3.27. The number of aromatic nitrogens is 1. The molecular weight excluding hydrogens is 352 g/mol. The summed E-state index contributed by atoms with van der Waals surface area (Å²) in [5.74, 6) is 0.695. The Bertz CT molecular complexity index is 911. The number of hydrogen-bond donors (Lipinski definition) is 0. The Morgan fingerprint density at radius 3 is 2.73 bits per heavy atom.